The topological polar surface area (TPSA) is 64.8 Å². The number of nitrogens with two attached hydrogens (primary N) is 1. The molecule has 0 aliphatic heterocycles. The highest BCUT2D eigenvalue weighted by Crippen LogP contribution is 2.30. The van der Waals surface area contributed by atoms with Crippen LogP contribution < -0.4 is 5.73 Å². The van der Waals surface area contributed by atoms with Gasteiger partial charge in [-0.25, -0.2) is 0 Å². The van der Waals surface area contributed by atoms with Crippen LogP contribution >= 0.6 is 12.2 Å². The second kappa shape index (κ2) is 9.26. The molecule has 1 atom stereocenters. The SMILES string of the molecule is CCC(CC)(C(=O)N(CCOC)C(C)COC)C(N)=S. The molecule has 0 aliphatic carbocycles. The van der Waals surface area contributed by atoms with Crippen LogP contribution in [0.2, 0.25) is 0 Å². The second-order valence-corrected chi connectivity index (χ2v) is 5.39. The highest BCUT2D eigenvalue weighted by atomic mass is 32.1. The molecule has 0 bridgehead atoms. The lowest BCUT2D eigenvalue weighted by molar-refractivity contribution is -0.142. The van der Waals surface area contributed by atoms with Crippen molar-refractivity contribution in [2.45, 2.75) is 39.7 Å². The van der Waals surface area contributed by atoms with Crippen molar-refractivity contribution < 1.29 is 14.3 Å². The van der Waals surface area contributed by atoms with Gasteiger partial charge in [-0.05, 0) is 19.8 Å². The monoisotopic (exact) mass is 304 g/mol. The van der Waals surface area contributed by atoms with Crippen LogP contribution in [0, 0.1) is 5.41 Å². The number of amides is 1. The van der Waals surface area contributed by atoms with Crippen molar-refractivity contribution in [3.05, 3.63) is 0 Å². The molecule has 118 valence electrons. The summed E-state index contributed by atoms with van der Waals surface area (Å²) in [4.78, 5) is 15.0. The fourth-order valence-electron chi connectivity index (χ4n) is 2.32. The predicted molar refractivity (Wildman–Crippen MR) is 84.7 cm³/mol. The first-order valence-corrected chi connectivity index (χ1v) is 7.40. The van der Waals surface area contributed by atoms with E-state index in [0.717, 1.165) is 0 Å². The van der Waals surface area contributed by atoms with Crippen molar-refractivity contribution in [1.29, 1.82) is 0 Å². The molecule has 0 aromatic heterocycles. The van der Waals surface area contributed by atoms with Gasteiger partial charge >= 0.3 is 0 Å². The summed E-state index contributed by atoms with van der Waals surface area (Å²) in [7, 11) is 3.24. The van der Waals surface area contributed by atoms with E-state index < -0.39 is 5.41 Å². The van der Waals surface area contributed by atoms with Crippen LogP contribution in [0.15, 0.2) is 0 Å². The Hall–Kier alpha value is -0.720. The van der Waals surface area contributed by atoms with E-state index in [1.165, 1.54) is 0 Å². The molecular weight excluding hydrogens is 276 g/mol. The van der Waals surface area contributed by atoms with E-state index >= 15 is 0 Å². The lowest BCUT2D eigenvalue weighted by atomic mass is 9.80. The Morgan fingerprint density at radius 3 is 2.20 bits per heavy atom. The van der Waals surface area contributed by atoms with Gasteiger partial charge in [0, 0.05) is 20.8 Å². The lowest BCUT2D eigenvalue weighted by Crippen LogP contribution is -2.54. The van der Waals surface area contributed by atoms with Crippen molar-refractivity contribution in [2.24, 2.45) is 11.1 Å². The fourth-order valence-corrected chi connectivity index (χ4v) is 2.70. The summed E-state index contributed by atoms with van der Waals surface area (Å²) >= 11 is 5.15. The molecule has 0 heterocycles. The van der Waals surface area contributed by atoms with Gasteiger partial charge in [0.25, 0.3) is 0 Å². The molecule has 0 spiro atoms. The van der Waals surface area contributed by atoms with Crippen molar-refractivity contribution in [3.8, 4) is 0 Å². The zero-order valence-electron chi connectivity index (χ0n) is 13.3. The summed E-state index contributed by atoms with van der Waals surface area (Å²) in [5, 5.41) is 0. The van der Waals surface area contributed by atoms with Gasteiger partial charge in [0.2, 0.25) is 5.91 Å². The van der Waals surface area contributed by atoms with Crippen LogP contribution in [0.25, 0.3) is 0 Å². The third-order valence-electron chi connectivity index (χ3n) is 3.83. The number of hydrogen-bond donors (Lipinski definition) is 1. The number of nitrogens with zero attached hydrogens (tertiary/aromatic N) is 1. The number of ether oxygens (including phenoxy) is 2. The minimum atomic E-state index is -0.773. The van der Waals surface area contributed by atoms with Crippen LogP contribution in [-0.4, -0.2) is 55.8 Å². The van der Waals surface area contributed by atoms with E-state index in [-0.39, 0.29) is 16.9 Å². The van der Waals surface area contributed by atoms with Crippen LogP contribution in [0.3, 0.4) is 0 Å². The van der Waals surface area contributed by atoms with E-state index in [1.807, 2.05) is 20.8 Å². The Morgan fingerprint density at radius 1 is 1.30 bits per heavy atom. The Bertz CT molecular complexity index is 320. The Kier molecular flexibility index (Phi) is 8.93. The quantitative estimate of drug-likeness (QED) is 0.621. The molecule has 0 aromatic carbocycles. The average Bonchev–Trinajstić information content (AvgIpc) is 2.41. The number of methoxy groups -OCH3 is 2. The van der Waals surface area contributed by atoms with Crippen molar-refractivity contribution in [1.82, 2.24) is 4.90 Å². The van der Waals surface area contributed by atoms with Crippen LogP contribution in [0.1, 0.15) is 33.6 Å². The molecule has 1 amide bonds. The summed E-state index contributed by atoms with van der Waals surface area (Å²) < 4.78 is 10.2. The number of thiocarbonyl (C=S) groups is 1. The van der Waals surface area contributed by atoms with E-state index in [2.05, 4.69) is 0 Å². The Labute approximate surface area is 127 Å². The van der Waals surface area contributed by atoms with Gasteiger partial charge in [0.15, 0.2) is 0 Å². The number of rotatable bonds is 10. The molecule has 20 heavy (non-hydrogen) atoms. The fraction of sp³-hybridized carbons (Fsp3) is 0.857. The second-order valence-electron chi connectivity index (χ2n) is 4.95. The zero-order valence-corrected chi connectivity index (χ0v) is 14.1. The largest absolute Gasteiger partial charge is 0.392 e. The summed E-state index contributed by atoms with van der Waals surface area (Å²) in [6.45, 7) is 7.28. The van der Waals surface area contributed by atoms with Gasteiger partial charge in [-0.15, -0.1) is 0 Å². The number of carbonyl (C=O) groups excluding carboxylic acids is 1. The van der Waals surface area contributed by atoms with E-state index in [1.54, 1.807) is 19.1 Å². The third-order valence-corrected chi connectivity index (χ3v) is 4.22. The van der Waals surface area contributed by atoms with Gasteiger partial charge < -0.3 is 20.1 Å². The summed E-state index contributed by atoms with van der Waals surface area (Å²) in [6, 6.07) is -0.0468. The maximum Gasteiger partial charge on any atom is 0.236 e. The van der Waals surface area contributed by atoms with Crippen molar-refractivity contribution in [3.63, 3.8) is 0 Å². The van der Waals surface area contributed by atoms with Gasteiger partial charge in [0.1, 0.15) is 0 Å². The molecule has 0 radical (unpaired) electrons. The predicted octanol–water partition coefficient (Wildman–Crippen LogP) is 1.59. The van der Waals surface area contributed by atoms with Gasteiger partial charge in [-0.3, -0.25) is 4.79 Å². The van der Waals surface area contributed by atoms with Crippen molar-refractivity contribution >= 4 is 23.1 Å². The van der Waals surface area contributed by atoms with E-state index in [9.17, 15) is 4.79 Å². The molecule has 0 fully saturated rings. The molecule has 1 unspecified atom stereocenters. The maximum absolute atomic E-state index is 12.9. The van der Waals surface area contributed by atoms with E-state index in [4.69, 9.17) is 27.4 Å². The molecule has 6 heteroatoms. The normalized spacial score (nSPS) is 13.1. The minimum absolute atomic E-state index is 0.0309. The molecule has 0 aliphatic rings. The zero-order chi connectivity index (χ0) is 15.8. The van der Waals surface area contributed by atoms with Crippen LogP contribution in [0.5, 0.6) is 0 Å². The highest BCUT2D eigenvalue weighted by Gasteiger charge is 2.42. The number of hydrogen-bond acceptors (Lipinski definition) is 4. The Balaban J connectivity index is 5.31. The summed E-state index contributed by atoms with van der Waals surface area (Å²) in [6.07, 6.45) is 1.20. The third kappa shape index (κ3) is 4.40. The van der Waals surface area contributed by atoms with Crippen LogP contribution in [0.4, 0.5) is 0 Å². The summed E-state index contributed by atoms with van der Waals surface area (Å²) in [5.41, 5.74) is 5.08. The molecule has 0 saturated carbocycles. The molecule has 0 saturated heterocycles. The minimum Gasteiger partial charge on any atom is -0.392 e. The summed E-state index contributed by atoms with van der Waals surface area (Å²) in [5.74, 6) is -0.0309. The first-order chi connectivity index (χ1) is 9.41. The Morgan fingerprint density at radius 2 is 1.85 bits per heavy atom. The number of carbonyl (C=O) groups is 1. The molecule has 2 N–H and O–H groups in total. The van der Waals surface area contributed by atoms with Crippen molar-refractivity contribution in [2.75, 3.05) is 34.0 Å². The molecule has 5 nitrogen and oxygen atoms in total. The van der Waals surface area contributed by atoms with Gasteiger partial charge in [0.05, 0.1) is 29.7 Å². The average molecular weight is 304 g/mol. The first kappa shape index (κ1) is 19.3. The maximum atomic E-state index is 12.9. The van der Waals surface area contributed by atoms with Gasteiger partial charge in [-0.1, -0.05) is 26.1 Å². The molecule has 0 aromatic rings. The molecule has 0 rings (SSSR count). The van der Waals surface area contributed by atoms with Gasteiger partial charge in [-0.2, -0.15) is 0 Å². The highest BCUT2D eigenvalue weighted by molar-refractivity contribution is 7.80. The first-order valence-electron chi connectivity index (χ1n) is 7.00. The smallest absolute Gasteiger partial charge is 0.236 e. The molecular formula is C14H28N2O3S. The van der Waals surface area contributed by atoms with E-state index in [0.29, 0.717) is 32.6 Å². The lowest BCUT2D eigenvalue weighted by Gasteiger charge is -2.38. The van der Waals surface area contributed by atoms with Crippen LogP contribution in [-0.2, 0) is 14.3 Å². The standard InChI is InChI=1S/C14H28N2O3S/c1-6-14(7-2,12(15)20)13(17)16(8-9-18-4)11(3)10-19-5/h11H,6-10H2,1-5H3,(H2,15,20).